The topological polar surface area (TPSA) is 52.7 Å². The molecule has 1 aliphatic heterocycles. The number of hydrogen-bond donors (Lipinski definition) is 1. The molecule has 1 saturated carbocycles. The summed E-state index contributed by atoms with van der Waals surface area (Å²) in [4.78, 5) is 29.2. The van der Waals surface area contributed by atoms with Crippen LogP contribution in [0.2, 0.25) is 5.02 Å². The van der Waals surface area contributed by atoms with Gasteiger partial charge in [0.1, 0.15) is 0 Å². The van der Waals surface area contributed by atoms with E-state index < -0.39 is 0 Å². The van der Waals surface area contributed by atoms with Crippen LogP contribution in [-0.2, 0) is 6.54 Å². The zero-order valence-electron chi connectivity index (χ0n) is 17.1. The third-order valence-corrected chi connectivity index (χ3v) is 6.23. The molecule has 1 heterocycles. The number of rotatable bonds is 5. The zero-order chi connectivity index (χ0) is 20.9. The maximum absolute atomic E-state index is 13.0. The Labute approximate surface area is 183 Å². The van der Waals surface area contributed by atoms with E-state index in [1.165, 1.54) is 19.3 Å². The summed E-state index contributed by atoms with van der Waals surface area (Å²) in [6.45, 7) is 1.98. The van der Waals surface area contributed by atoms with E-state index >= 15 is 0 Å². The minimum atomic E-state index is -0.0252. The Morgan fingerprint density at radius 2 is 1.63 bits per heavy atom. The van der Waals surface area contributed by atoms with Gasteiger partial charge in [-0.2, -0.15) is 0 Å². The standard InChI is InChI=1S/C24H28ClN3O2/c25-20-11-7-18(8-12-20)17-27-15-4-16-28(24(27)30)22-13-9-19(10-14-22)23(29)26-21-5-2-1-3-6-21/h7-14,21H,1-6,15-17H2,(H,26,29). The van der Waals surface area contributed by atoms with Crippen LogP contribution in [-0.4, -0.2) is 36.0 Å². The van der Waals surface area contributed by atoms with Crippen molar-refractivity contribution < 1.29 is 9.59 Å². The van der Waals surface area contributed by atoms with Gasteiger partial charge in [-0.3, -0.25) is 9.69 Å². The highest BCUT2D eigenvalue weighted by Gasteiger charge is 2.27. The number of hydrogen-bond acceptors (Lipinski definition) is 2. The smallest absolute Gasteiger partial charge is 0.324 e. The van der Waals surface area contributed by atoms with Gasteiger partial charge in [0.2, 0.25) is 0 Å². The normalized spacial score (nSPS) is 17.8. The molecule has 1 saturated heterocycles. The second kappa shape index (κ2) is 9.52. The fraction of sp³-hybridized carbons (Fsp3) is 0.417. The van der Waals surface area contributed by atoms with Gasteiger partial charge in [0, 0.05) is 41.9 Å². The van der Waals surface area contributed by atoms with Crippen LogP contribution in [0.4, 0.5) is 10.5 Å². The van der Waals surface area contributed by atoms with Gasteiger partial charge in [-0.25, -0.2) is 4.79 Å². The van der Waals surface area contributed by atoms with Gasteiger partial charge in [-0.05, 0) is 61.2 Å². The molecule has 30 heavy (non-hydrogen) atoms. The Kier molecular flexibility index (Phi) is 6.58. The van der Waals surface area contributed by atoms with Crippen LogP contribution in [0.25, 0.3) is 0 Å². The molecule has 1 aliphatic carbocycles. The van der Waals surface area contributed by atoms with Gasteiger partial charge in [0.05, 0.1) is 0 Å². The summed E-state index contributed by atoms with van der Waals surface area (Å²) >= 11 is 5.96. The van der Waals surface area contributed by atoms with Gasteiger partial charge >= 0.3 is 6.03 Å². The number of benzene rings is 2. The van der Waals surface area contributed by atoms with Crippen molar-refractivity contribution in [2.75, 3.05) is 18.0 Å². The monoisotopic (exact) mass is 425 g/mol. The lowest BCUT2D eigenvalue weighted by Gasteiger charge is -2.35. The van der Waals surface area contributed by atoms with E-state index in [0.717, 1.165) is 37.1 Å². The first-order valence-corrected chi connectivity index (χ1v) is 11.2. The molecular formula is C24H28ClN3O2. The van der Waals surface area contributed by atoms with Crippen molar-refractivity contribution in [1.29, 1.82) is 0 Å². The number of nitrogens with zero attached hydrogens (tertiary/aromatic N) is 2. The molecule has 0 unspecified atom stereocenters. The van der Waals surface area contributed by atoms with Gasteiger partial charge in [0.25, 0.3) is 5.91 Å². The van der Waals surface area contributed by atoms with Crippen molar-refractivity contribution in [1.82, 2.24) is 10.2 Å². The number of urea groups is 1. The van der Waals surface area contributed by atoms with Crippen molar-refractivity contribution >= 4 is 29.2 Å². The molecule has 0 bridgehead atoms. The Morgan fingerprint density at radius 1 is 0.933 bits per heavy atom. The van der Waals surface area contributed by atoms with E-state index in [-0.39, 0.29) is 18.0 Å². The third kappa shape index (κ3) is 4.96. The molecule has 0 atom stereocenters. The average molecular weight is 426 g/mol. The van der Waals surface area contributed by atoms with Crippen LogP contribution in [0.15, 0.2) is 48.5 Å². The predicted octanol–water partition coefficient (Wildman–Crippen LogP) is 5.23. The SMILES string of the molecule is O=C(NC1CCCCC1)c1ccc(N2CCCN(Cc3ccc(Cl)cc3)C2=O)cc1. The highest BCUT2D eigenvalue weighted by Crippen LogP contribution is 2.23. The molecule has 2 fully saturated rings. The molecule has 2 aromatic rings. The molecule has 0 aromatic heterocycles. The number of halogens is 1. The average Bonchev–Trinajstić information content (AvgIpc) is 2.77. The largest absolute Gasteiger partial charge is 0.349 e. The lowest BCUT2D eigenvalue weighted by Crippen LogP contribution is -2.49. The first-order valence-electron chi connectivity index (χ1n) is 10.8. The van der Waals surface area contributed by atoms with E-state index in [2.05, 4.69) is 5.32 Å². The fourth-order valence-electron chi connectivity index (χ4n) is 4.29. The molecular weight excluding hydrogens is 398 g/mol. The predicted molar refractivity (Wildman–Crippen MR) is 120 cm³/mol. The second-order valence-corrected chi connectivity index (χ2v) is 8.63. The molecule has 0 spiro atoms. The van der Waals surface area contributed by atoms with Crippen LogP contribution in [0, 0.1) is 0 Å². The molecule has 6 heteroatoms. The van der Waals surface area contributed by atoms with Crippen LogP contribution < -0.4 is 10.2 Å². The number of anilines is 1. The van der Waals surface area contributed by atoms with Crippen molar-refractivity contribution in [2.24, 2.45) is 0 Å². The molecule has 2 aliphatic rings. The molecule has 1 N–H and O–H groups in total. The minimum absolute atomic E-state index is 0.00407. The number of carbonyl (C=O) groups excluding carboxylic acids is 2. The molecule has 3 amide bonds. The summed E-state index contributed by atoms with van der Waals surface area (Å²) in [5.74, 6) is -0.0252. The summed E-state index contributed by atoms with van der Waals surface area (Å²) in [6, 6.07) is 15.3. The first-order chi connectivity index (χ1) is 14.6. The number of nitrogens with one attached hydrogen (secondary N) is 1. The van der Waals surface area contributed by atoms with Crippen molar-refractivity contribution in [3.8, 4) is 0 Å². The van der Waals surface area contributed by atoms with Gasteiger partial charge in [-0.15, -0.1) is 0 Å². The highest BCUT2D eigenvalue weighted by molar-refractivity contribution is 6.30. The Balaban J connectivity index is 1.39. The van der Waals surface area contributed by atoms with Crippen LogP contribution >= 0.6 is 11.6 Å². The first kappa shape index (κ1) is 20.7. The third-order valence-electron chi connectivity index (χ3n) is 5.98. The summed E-state index contributed by atoms with van der Waals surface area (Å²) < 4.78 is 0. The zero-order valence-corrected chi connectivity index (χ0v) is 17.9. The van der Waals surface area contributed by atoms with Crippen molar-refractivity contribution in [2.45, 2.75) is 51.1 Å². The Bertz CT molecular complexity index is 876. The quantitative estimate of drug-likeness (QED) is 0.712. The van der Waals surface area contributed by atoms with Crippen LogP contribution in [0.3, 0.4) is 0 Å². The van der Waals surface area contributed by atoms with E-state index in [9.17, 15) is 9.59 Å². The number of amides is 3. The van der Waals surface area contributed by atoms with E-state index in [4.69, 9.17) is 11.6 Å². The molecule has 158 valence electrons. The lowest BCUT2D eigenvalue weighted by atomic mass is 9.95. The fourth-order valence-corrected chi connectivity index (χ4v) is 4.41. The van der Waals surface area contributed by atoms with E-state index in [1.54, 1.807) is 4.90 Å². The molecule has 5 nitrogen and oxygen atoms in total. The summed E-state index contributed by atoms with van der Waals surface area (Å²) in [5, 5.41) is 3.84. The molecule has 0 radical (unpaired) electrons. The summed E-state index contributed by atoms with van der Waals surface area (Å²) in [7, 11) is 0. The molecule has 2 aromatic carbocycles. The molecule has 4 rings (SSSR count). The Hall–Kier alpha value is -2.53. The van der Waals surface area contributed by atoms with Crippen molar-refractivity contribution in [3.63, 3.8) is 0 Å². The van der Waals surface area contributed by atoms with E-state index in [0.29, 0.717) is 23.7 Å². The van der Waals surface area contributed by atoms with Gasteiger partial charge < -0.3 is 10.2 Å². The second-order valence-electron chi connectivity index (χ2n) is 8.19. The maximum atomic E-state index is 13.0. The maximum Gasteiger partial charge on any atom is 0.324 e. The van der Waals surface area contributed by atoms with Crippen LogP contribution in [0.1, 0.15) is 54.4 Å². The minimum Gasteiger partial charge on any atom is -0.349 e. The van der Waals surface area contributed by atoms with E-state index in [1.807, 2.05) is 53.4 Å². The van der Waals surface area contributed by atoms with Crippen molar-refractivity contribution in [3.05, 3.63) is 64.7 Å². The highest BCUT2D eigenvalue weighted by atomic mass is 35.5. The summed E-state index contributed by atoms with van der Waals surface area (Å²) in [5.41, 5.74) is 2.53. The van der Waals surface area contributed by atoms with Gasteiger partial charge in [0.15, 0.2) is 0 Å². The Morgan fingerprint density at radius 3 is 2.33 bits per heavy atom. The van der Waals surface area contributed by atoms with Crippen LogP contribution in [0.5, 0.6) is 0 Å². The van der Waals surface area contributed by atoms with Gasteiger partial charge in [-0.1, -0.05) is 43.0 Å². The summed E-state index contributed by atoms with van der Waals surface area (Å²) in [6.07, 6.45) is 6.68. The number of carbonyl (C=O) groups is 2. The lowest BCUT2D eigenvalue weighted by molar-refractivity contribution is 0.0927.